The first kappa shape index (κ1) is 28.6. The number of carbonyl (C=O) groups is 1. The maximum atomic E-state index is 13.3. The van der Waals surface area contributed by atoms with E-state index < -0.39 is 50.3 Å². The summed E-state index contributed by atoms with van der Waals surface area (Å²) in [6.45, 7) is -0.238. The number of hydrogen-bond donors (Lipinski definition) is 4. The highest BCUT2D eigenvalue weighted by molar-refractivity contribution is 7.93. The average molecular weight is 613 g/mol. The first-order valence-corrected chi connectivity index (χ1v) is 13.7. The van der Waals surface area contributed by atoms with Crippen molar-refractivity contribution in [1.29, 1.82) is 0 Å². The van der Waals surface area contributed by atoms with Crippen LogP contribution in [0.15, 0.2) is 43.1 Å². The average Bonchev–Trinajstić information content (AvgIpc) is 3.41. The molecule has 5 heterocycles. The molecule has 4 N–H and O–H groups in total. The lowest BCUT2D eigenvalue weighted by molar-refractivity contribution is -0.137. The number of pyridine rings is 2. The van der Waals surface area contributed by atoms with Crippen LogP contribution < -0.4 is 10.6 Å². The summed E-state index contributed by atoms with van der Waals surface area (Å²) in [5, 5.41) is 22.6. The van der Waals surface area contributed by atoms with Gasteiger partial charge in [0.15, 0.2) is 43.3 Å². The standard InChI is InChI=1S/C23H20ClF3N8O5S/c1-28-21(38)17-15(36)16(37)22(41(17,39)40)35-9-32-14-19(31-8-13-5-11(2-3-30-13)23(25,26)27)33-18(34-20(14)35)10-4-12(24)7-29-6-10/h2-7,9,15-17,22,36-37H,8H2,1H3,(H,28,38)(H,31,33,34)/t15-,16+,17-,22+/m0/s1. The molecule has 4 atom stereocenters. The van der Waals surface area contributed by atoms with Crippen molar-refractivity contribution in [2.24, 2.45) is 0 Å². The van der Waals surface area contributed by atoms with Gasteiger partial charge in [-0.25, -0.2) is 23.4 Å². The van der Waals surface area contributed by atoms with Crippen LogP contribution in [0.2, 0.25) is 5.02 Å². The number of aromatic nitrogens is 6. The number of imidazole rings is 1. The summed E-state index contributed by atoms with van der Waals surface area (Å²) in [6, 6.07) is 3.15. The summed E-state index contributed by atoms with van der Waals surface area (Å²) in [7, 11) is -3.36. The lowest BCUT2D eigenvalue weighted by Crippen LogP contribution is -2.43. The molecule has 0 bridgehead atoms. The molecule has 0 aliphatic carbocycles. The predicted molar refractivity (Wildman–Crippen MR) is 138 cm³/mol. The number of nitrogens with one attached hydrogen (secondary N) is 2. The fourth-order valence-electron chi connectivity index (χ4n) is 4.47. The Morgan fingerprint density at radius 2 is 1.90 bits per heavy atom. The third-order valence-electron chi connectivity index (χ3n) is 6.39. The molecule has 18 heteroatoms. The smallest absolute Gasteiger partial charge is 0.388 e. The summed E-state index contributed by atoms with van der Waals surface area (Å²) in [4.78, 5) is 33.2. The molecule has 1 amide bonds. The van der Waals surface area contributed by atoms with E-state index in [2.05, 4.69) is 35.6 Å². The van der Waals surface area contributed by atoms with Gasteiger partial charge in [0.25, 0.3) is 0 Å². The Morgan fingerprint density at radius 3 is 2.59 bits per heavy atom. The Balaban J connectivity index is 1.63. The van der Waals surface area contributed by atoms with Gasteiger partial charge in [-0.2, -0.15) is 13.2 Å². The Morgan fingerprint density at radius 1 is 1.15 bits per heavy atom. The molecule has 1 saturated heterocycles. The first-order valence-electron chi connectivity index (χ1n) is 11.7. The van der Waals surface area contributed by atoms with Gasteiger partial charge in [-0.3, -0.25) is 19.3 Å². The molecule has 0 unspecified atom stereocenters. The molecule has 216 valence electrons. The van der Waals surface area contributed by atoms with Gasteiger partial charge >= 0.3 is 6.18 Å². The number of halogens is 4. The number of anilines is 1. The van der Waals surface area contributed by atoms with E-state index in [9.17, 15) is 36.6 Å². The molecule has 1 aliphatic rings. The number of nitrogens with zero attached hydrogens (tertiary/aromatic N) is 6. The van der Waals surface area contributed by atoms with E-state index in [4.69, 9.17) is 11.6 Å². The highest BCUT2D eigenvalue weighted by Gasteiger charge is 2.58. The van der Waals surface area contributed by atoms with E-state index in [1.165, 1.54) is 25.5 Å². The first-order chi connectivity index (χ1) is 19.3. The molecule has 0 saturated carbocycles. The van der Waals surface area contributed by atoms with Crippen molar-refractivity contribution >= 4 is 44.3 Å². The number of hydrogen-bond acceptors (Lipinski definition) is 11. The molecule has 0 spiro atoms. The molecule has 4 aromatic rings. The minimum Gasteiger partial charge on any atom is -0.388 e. The number of aliphatic hydroxyl groups is 2. The van der Waals surface area contributed by atoms with Gasteiger partial charge in [0.2, 0.25) is 5.91 Å². The van der Waals surface area contributed by atoms with E-state index in [1.54, 1.807) is 0 Å². The summed E-state index contributed by atoms with van der Waals surface area (Å²) in [6.07, 6.45) is -3.70. The van der Waals surface area contributed by atoms with Crippen molar-refractivity contribution in [1.82, 2.24) is 34.8 Å². The highest BCUT2D eigenvalue weighted by Crippen LogP contribution is 2.39. The van der Waals surface area contributed by atoms with Crippen molar-refractivity contribution in [3.05, 3.63) is 59.4 Å². The molecular formula is C23H20ClF3N8O5S. The van der Waals surface area contributed by atoms with Gasteiger partial charge in [0.05, 0.1) is 29.2 Å². The third kappa shape index (κ3) is 5.16. The fraction of sp³-hybridized carbons (Fsp3) is 0.304. The fourth-order valence-corrected chi connectivity index (χ4v) is 6.93. The van der Waals surface area contributed by atoms with Gasteiger partial charge in [0.1, 0.15) is 12.2 Å². The summed E-state index contributed by atoms with van der Waals surface area (Å²) in [5.41, 5.74) is -0.743. The van der Waals surface area contributed by atoms with Gasteiger partial charge in [-0.15, -0.1) is 0 Å². The second-order valence-electron chi connectivity index (χ2n) is 8.99. The molecule has 4 aromatic heterocycles. The van der Waals surface area contributed by atoms with Crippen LogP contribution in [-0.2, 0) is 27.4 Å². The SMILES string of the molecule is CNC(=O)[C@@H]1[C@@H](O)[C@@H](O)[C@H](n2cnc3c(NCc4cc(C(F)(F)F)ccn4)nc(-c4cncc(Cl)c4)nc32)S1(=O)=O. The van der Waals surface area contributed by atoms with Crippen molar-refractivity contribution in [2.75, 3.05) is 12.4 Å². The van der Waals surface area contributed by atoms with Crippen LogP contribution in [0, 0.1) is 0 Å². The third-order valence-corrected chi connectivity index (χ3v) is 8.97. The quantitative estimate of drug-likeness (QED) is 0.246. The largest absolute Gasteiger partial charge is 0.416 e. The maximum Gasteiger partial charge on any atom is 0.416 e. The van der Waals surface area contributed by atoms with Crippen LogP contribution in [0.5, 0.6) is 0 Å². The molecule has 0 aromatic carbocycles. The van der Waals surface area contributed by atoms with Crippen LogP contribution in [0.1, 0.15) is 16.6 Å². The van der Waals surface area contributed by atoms with E-state index >= 15 is 0 Å². The molecule has 5 rings (SSSR count). The number of alkyl halides is 3. The summed E-state index contributed by atoms with van der Waals surface area (Å²) < 4.78 is 67.2. The maximum absolute atomic E-state index is 13.3. The number of carbonyl (C=O) groups excluding carboxylic acids is 1. The second kappa shape index (κ2) is 10.5. The van der Waals surface area contributed by atoms with Gasteiger partial charge in [0, 0.05) is 31.2 Å². The minimum absolute atomic E-state index is 0.0160. The second-order valence-corrected chi connectivity index (χ2v) is 11.6. The van der Waals surface area contributed by atoms with Gasteiger partial charge in [-0.1, -0.05) is 11.6 Å². The van der Waals surface area contributed by atoms with E-state index in [1.807, 2.05) is 0 Å². The summed E-state index contributed by atoms with van der Waals surface area (Å²) >= 11 is 6.06. The Bertz CT molecular complexity index is 1750. The normalized spacial score (nSPS) is 22.1. The zero-order valence-corrected chi connectivity index (χ0v) is 22.4. The molecule has 0 radical (unpaired) electrons. The van der Waals surface area contributed by atoms with E-state index in [0.717, 1.165) is 29.2 Å². The zero-order valence-electron chi connectivity index (χ0n) is 20.8. The van der Waals surface area contributed by atoms with Crippen molar-refractivity contribution in [2.45, 2.75) is 35.6 Å². The Hall–Kier alpha value is -3.93. The predicted octanol–water partition coefficient (Wildman–Crippen LogP) is 1.33. The van der Waals surface area contributed by atoms with Crippen molar-refractivity contribution < 1.29 is 36.6 Å². The molecule has 1 aliphatic heterocycles. The lowest BCUT2D eigenvalue weighted by atomic mass is 10.1. The van der Waals surface area contributed by atoms with E-state index in [-0.39, 0.29) is 40.1 Å². The highest BCUT2D eigenvalue weighted by atomic mass is 35.5. The topological polar surface area (TPSA) is 185 Å². The van der Waals surface area contributed by atoms with Crippen molar-refractivity contribution in [3.8, 4) is 11.4 Å². The molecule has 13 nitrogen and oxygen atoms in total. The lowest BCUT2D eigenvalue weighted by Gasteiger charge is -2.17. The van der Waals surface area contributed by atoms with Crippen LogP contribution in [0.3, 0.4) is 0 Å². The molecule has 41 heavy (non-hydrogen) atoms. The Labute approximate surface area is 234 Å². The number of amides is 1. The summed E-state index contributed by atoms with van der Waals surface area (Å²) in [5.74, 6) is -1.06. The Kier molecular flexibility index (Phi) is 7.31. The van der Waals surface area contributed by atoms with Crippen LogP contribution >= 0.6 is 11.6 Å². The monoisotopic (exact) mass is 612 g/mol. The minimum atomic E-state index is -4.59. The zero-order chi connectivity index (χ0) is 29.7. The van der Waals surface area contributed by atoms with Crippen molar-refractivity contribution in [3.63, 3.8) is 0 Å². The number of aliphatic hydroxyl groups excluding tert-OH is 2. The number of sulfone groups is 1. The molecule has 1 fully saturated rings. The molecular weight excluding hydrogens is 593 g/mol. The van der Waals surface area contributed by atoms with Crippen LogP contribution in [0.25, 0.3) is 22.6 Å². The van der Waals surface area contributed by atoms with Crippen LogP contribution in [-0.4, -0.2) is 78.5 Å². The number of rotatable bonds is 6. The number of fused-ring (bicyclic) bond motifs is 1. The van der Waals surface area contributed by atoms with Crippen LogP contribution in [0.4, 0.5) is 19.0 Å². The van der Waals surface area contributed by atoms with Gasteiger partial charge < -0.3 is 20.8 Å². The van der Waals surface area contributed by atoms with Gasteiger partial charge in [-0.05, 0) is 18.2 Å². The van der Waals surface area contributed by atoms with E-state index in [0.29, 0.717) is 5.56 Å².